The van der Waals surface area contributed by atoms with Crippen LogP contribution in [0.2, 0.25) is 0 Å². The van der Waals surface area contributed by atoms with Gasteiger partial charge in [-0.25, -0.2) is 0 Å². The standard InChI is InChI=1S/C19H19N3O3/c1-25-17-10-20-15(9-16(17)23)19(24)22-14-8-4-6-12-11-5-2-3-7-13(11)21-18(12)14/h2-3,5,7,9-10,14,21H,4,6,8H2,1H3,(H,20,23)(H,22,24). The zero-order valence-electron chi connectivity index (χ0n) is 13.9. The average Bonchev–Trinajstić information content (AvgIpc) is 3.01. The Morgan fingerprint density at radius 1 is 1.32 bits per heavy atom. The Morgan fingerprint density at radius 2 is 2.16 bits per heavy atom. The molecule has 2 aromatic heterocycles. The van der Waals surface area contributed by atoms with Gasteiger partial charge in [-0.05, 0) is 30.9 Å². The first-order chi connectivity index (χ1) is 12.2. The summed E-state index contributed by atoms with van der Waals surface area (Å²) in [6.07, 6.45) is 4.29. The van der Waals surface area contributed by atoms with Gasteiger partial charge in [-0.1, -0.05) is 18.2 Å². The van der Waals surface area contributed by atoms with E-state index in [-0.39, 0.29) is 28.8 Å². The Labute approximate surface area is 144 Å². The number of aromatic amines is 2. The number of hydrogen-bond donors (Lipinski definition) is 3. The van der Waals surface area contributed by atoms with Crippen LogP contribution in [0.4, 0.5) is 0 Å². The quantitative estimate of drug-likeness (QED) is 0.687. The Kier molecular flexibility index (Phi) is 3.80. The Morgan fingerprint density at radius 3 is 2.96 bits per heavy atom. The first-order valence-electron chi connectivity index (χ1n) is 8.34. The molecule has 6 nitrogen and oxygen atoms in total. The highest BCUT2D eigenvalue weighted by Gasteiger charge is 2.26. The summed E-state index contributed by atoms with van der Waals surface area (Å²) in [6, 6.07) is 9.36. The normalized spacial score (nSPS) is 16.4. The predicted octanol–water partition coefficient (Wildman–Crippen LogP) is 2.67. The van der Waals surface area contributed by atoms with E-state index in [9.17, 15) is 9.59 Å². The van der Waals surface area contributed by atoms with Crippen molar-refractivity contribution in [3.63, 3.8) is 0 Å². The number of amides is 1. The number of carbonyl (C=O) groups excluding carboxylic acids is 1. The molecule has 0 saturated heterocycles. The van der Waals surface area contributed by atoms with Gasteiger partial charge in [-0.2, -0.15) is 0 Å². The largest absolute Gasteiger partial charge is 0.491 e. The number of para-hydroxylation sites is 1. The van der Waals surface area contributed by atoms with Crippen molar-refractivity contribution in [2.24, 2.45) is 0 Å². The molecule has 2 heterocycles. The van der Waals surface area contributed by atoms with Crippen LogP contribution in [0.3, 0.4) is 0 Å². The number of fused-ring (bicyclic) bond motifs is 3. The summed E-state index contributed by atoms with van der Waals surface area (Å²) in [4.78, 5) is 30.7. The maximum absolute atomic E-state index is 12.6. The Hall–Kier alpha value is -3.02. The molecule has 0 aliphatic heterocycles. The average molecular weight is 337 g/mol. The monoisotopic (exact) mass is 337 g/mol. The van der Waals surface area contributed by atoms with Crippen LogP contribution in [0, 0.1) is 0 Å². The van der Waals surface area contributed by atoms with Gasteiger partial charge < -0.3 is 20.0 Å². The molecule has 128 valence electrons. The minimum atomic E-state index is -0.318. The molecule has 0 saturated carbocycles. The third kappa shape index (κ3) is 2.69. The van der Waals surface area contributed by atoms with Crippen LogP contribution < -0.4 is 15.5 Å². The van der Waals surface area contributed by atoms with E-state index in [0.717, 1.165) is 30.5 Å². The number of aryl methyl sites for hydroxylation is 1. The number of rotatable bonds is 3. The number of pyridine rings is 1. The van der Waals surface area contributed by atoms with Crippen LogP contribution in [0.15, 0.2) is 41.3 Å². The lowest BCUT2D eigenvalue weighted by atomic mass is 9.91. The smallest absolute Gasteiger partial charge is 0.268 e. The first kappa shape index (κ1) is 15.5. The fourth-order valence-electron chi connectivity index (χ4n) is 3.54. The van der Waals surface area contributed by atoms with Gasteiger partial charge in [0.2, 0.25) is 5.43 Å². The molecular formula is C19H19N3O3. The van der Waals surface area contributed by atoms with Crippen molar-refractivity contribution in [3.8, 4) is 5.75 Å². The van der Waals surface area contributed by atoms with Crippen LogP contribution in [0.25, 0.3) is 10.9 Å². The van der Waals surface area contributed by atoms with E-state index < -0.39 is 0 Å². The lowest BCUT2D eigenvalue weighted by Crippen LogP contribution is -2.32. The summed E-state index contributed by atoms with van der Waals surface area (Å²) in [5.41, 5.74) is 3.34. The molecule has 1 aromatic carbocycles. The van der Waals surface area contributed by atoms with Crippen molar-refractivity contribution in [2.75, 3.05) is 7.11 Å². The lowest BCUT2D eigenvalue weighted by molar-refractivity contribution is 0.0926. The predicted molar refractivity (Wildman–Crippen MR) is 95.1 cm³/mol. The van der Waals surface area contributed by atoms with E-state index in [1.54, 1.807) is 0 Å². The molecule has 1 aliphatic rings. The number of benzene rings is 1. The molecular weight excluding hydrogens is 318 g/mol. The molecule has 1 atom stereocenters. The second-order valence-corrected chi connectivity index (χ2v) is 6.26. The second kappa shape index (κ2) is 6.12. The molecule has 0 fully saturated rings. The van der Waals surface area contributed by atoms with Crippen LogP contribution in [-0.4, -0.2) is 23.0 Å². The van der Waals surface area contributed by atoms with Gasteiger partial charge in [-0.3, -0.25) is 9.59 Å². The highest BCUT2D eigenvalue weighted by Crippen LogP contribution is 2.34. The molecule has 0 spiro atoms. The van der Waals surface area contributed by atoms with Crippen molar-refractivity contribution in [1.29, 1.82) is 0 Å². The number of carbonyl (C=O) groups is 1. The number of ether oxygens (including phenoxy) is 1. The highest BCUT2D eigenvalue weighted by molar-refractivity contribution is 5.93. The minimum absolute atomic E-state index is 0.0887. The van der Waals surface area contributed by atoms with Crippen LogP contribution in [0.1, 0.15) is 40.6 Å². The number of H-pyrrole nitrogens is 2. The topological polar surface area (TPSA) is 87.0 Å². The first-order valence-corrected chi connectivity index (χ1v) is 8.34. The van der Waals surface area contributed by atoms with E-state index in [1.807, 2.05) is 18.2 Å². The fraction of sp³-hybridized carbons (Fsp3) is 0.263. The minimum Gasteiger partial charge on any atom is -0.491 e. The molecule has 1 aliphatic carbocycles. The summed E-state index contributed by atoms with van der Waals surface area (Å²) in [7, 11) is 1.42. The van der Waals surface area contributed by atoms with Gasteiger partial charge >= 0.3 is 0 Å². The molecule has 0 bridgehead atoms. The van der Waals surface area contributed by atoms with Crippen molar-refractivity contribution < 1.29 is 9.53 Å². The maximum Gasteiger partial charge on any atom is 0.268 e. The molecule has 1 unspecified atom stereocenters. The zero-order chi connectivity index (χ0) is 17.4. The number of methoxy groups -OCH3 is 1. The molecule has 25 heavy (non-hydrogen) atoms. The summed E-state index contributed by atoms with van der Waals surface area (Å²) in [5, 5.41) is 4.25. The third-order valence-electron chi connectivity index (χ3n) is 4.76. The van der Waals surface area contributed by atoms with E-state index >= 15 is 0 Å². The Balaban J connectivity index is 1.63. The zero-order valence-corrected chi connectivity index (χ0v) is 13.9. The maximum atomic E-state index is 12.6. The SMILES string of the molecule is COc1c[nH]c(C(=O)NC2CCCc3c2[nH]c2ccccc32)cc1=O. The molecule has 6 heteroatoms. The van der Waals surface area contributed by atoms with Crippen LogP contribution in [-0.2, 0) is 6.42 Å². The molecule has 3 aromatic rings. The van der Waals surface area contributed by atoms with E-state index in [1.165, 1.54) is 30.3 Å². The van der Waals surface area contributed by atoms with Crippen molar-refractivity contribution in [2.45, 2.75) is 25.3 Å². The molecule has 0 radical (unpaired) electrons. The molecule has 3 N–H and O–H groups in total. The van der Waals surface area contributed by atoms with Crippen molar-refractivity contribution >= 4 is 16.8 Å². The van der Waals surface area contributed by atoms with Gasteiger partial charge in [0.25, 0.3) is 5.91 Å². The lowest BCUT2D eigenvalue weighted by Gasteiger charge is -2.23. The van der Waals surface area contributed by atoms with Gasteiger partial charge in [-0.15, -0.1) is 0 Å². The Bertz CT molecular complexity index is 1000. The van der Waals surface area contributed by atoms with E-state index in [2.05, 4.69) is 21.4 Å². The van der Waals surface area contributed by atoms with Gasteiger partial charge in [0.05, 0.1) is 13.2 Å². The summed E-state index contributed by atoms with van der Waals surface area (Å²) in [5.74, 6) is -0.108. The van der Waals surface area contributed by atoms with Gasteiger partial charge in [0.15, 0.2) is 5.75 Å². The highest BCUT2D eigenvalue weighted by atomic mass is 16.5. The van der Waals surface area contributed by atoms with E-state index in [0.29, 0.717) is 0 Å². The van der Waals surface area contributed by atoms with Crippen LogP contribution in [0.5, 0.6) is 5.75 Å². The van der Waals surface area contributed by atoms with Crippen LogP contribution >= 0.6 is 0 Å². The van der Waals surface area contributed by atoms with Crippen molar-refractivity contribution in [1.82, 2.24) is 15.3 Å². The summed E-state index contributed by atoms with van der Waals surface area (Å²) in [6.45, 7) is 0. The number of nitrogens with one attached hydrogen (secondary N) is 3. The fourth-order valence-corrected chi connectivity index (χ4v) is 3.54. The third-order valence-corrected chi connectivity index (χ3v) is 4.76. The molecule has 4 rings (SSSR count). The van der Waals surface area contributed by atoms with Crippen molar-refractivity contribution in [3.05, 3.63) is 63.7 Å². The molecule has 1 amide bonds. The van der Waals surface area contributed by atoms with E-state index in [4.69, 9.17) is 4.74 Å². The van der Waals surface area contributed by atoms with Gasteiger partial charge in [0, 0.05) is 28.9 Å². The summed E-state index contributed by atoms with van der Waals surface area (Å²) < 4.78 is 4.93. The second-order valence-electron chi connectivity index (χ2n) is 6.26. The number of aromatic nitrogens is 2. The van der Waals surface area contributed by atoms with Gasteiger partial charge in [0.1, 0.15) is 5.69 Å². The number of hydrogen-bond acceptors (Lipinski definition) is 3. The summed E-state index contributed by atoms with van der Waals surface area (Å²) >= 11 is 0.